The Morgan fingerprint density at radius 2 is 1.77 bits per heavy atom. The molecule has 0 aliphatic carbocycles. The number of ketones is 1. The lowest BCUT2D eigenvalue weighted by Crippen LogP contribution is -2.35. The molecule has 0 saturated carbocycles. The highest BCUT2D eigenvalue weighted by atomic mass is 19.4. The van der Waals surface area contributed by atoms with E-state index in [9.17, 15) is 18.0 Å². The van der Waals surface area contributed by atoms with Gasteiger partial charge in [-0.3, -0.25) is 4.79 Å². The molecule has 22 heavy (non-hydrogen) atoms. The molecule has 0 N–H and O–H groups in total. The number of rotatable bonds is 3. The number of Topliss-reactive ketones (excluding diaryl/α,β-unsaturated/α-hetero) is 1. The maximum absolute atomic E-state index is 13.5. The number of halogens is 3. The molecule has 2 aromatic carbocycles. The lowest BCUT2D eigenvalue weighted by atomic mass is 9.90. The Balaban J connectivity index is 1.98. The van der Waals surface area contributed by atoms with Gasteiger partial charge in [-0.25, -0.2) is 0 Å². The zero-order chi connectivity index (χ0) is 16.0. The molecule has 0 amide bonds. The summed E-state index contributed by atoms with van der Waals surface area (Å²) in [6, 6.07) is 13.8. The summed E-state index contributed by atoms with van der Waals surface area (Å²) in [5.74, 6) is -0.648. The molecule has 2 nitrogen and oxygen atoms in total. The fourth-order valence-corrected chi connectivity index (χ4v) is 2.62. The first-order valence-corrected chi connectivity index (χ1v) is 6.77. The van der Waals surface area contributed by atoms with E-state index in [1.165, 1.54) is 30.3 Å². The van der Waals surface area contributed by atoms with E-state index < -0.39 is 23.7 Å². The molecule has 114 valence electrons. The highest BCUT2D eigenvalue weighted by Gasteiger charge is 2.76. The van der Waals surface area contributed by atoms with Crippen molar-refractivity contribution >= 4 is 5.78 Å². The van der Waals surface area contributed by atoms with E-state index in [0.717, 1.165) is 5.56 Å². The van der Waals surface area contributed by atoms with Crippen molar-refractivity contribution in [3.63, 3.8) is 0 Å². The third kappa shape index (κ3) is 2.22. The zero-order valence-electron chi connectivity index (χ0n) is 11.7. The maximum Gasteiger partial charge on any atom is 0.424 e. The van der Waals surface area contributed by atoms with Gasteiger partial charge in [-0.15, -0.1) is 0 Å². The molecule has 1 aliphatic rings. The van der Waals surface area contributed by atoms with Crippen LogP contribution < -0.4 is 0 Å². The number of alkyl halides is 3. The highest BCUT2D eigenvalue weighted by Crippen LogP contribution is 2.58. The third-order valence-corrected chi connectivity index (χ3v) is 3.78. The molecule has 0 unspecified atom stereocenters. The largest absolute Gasteiger partial charge is 0.424 e. The van der Waals surface area contributed by atoms with Crippen molar-refractivity contribution in [1.29, 1.82) is 0 Å². The van der Waals surface area contributed by atoms with Crippen LogP contribution in [0, 0.1) is 6.92 Å². The monoisotopic (exact) mass is 306 g/mol. The standard InChI is InChI=1S/C17H13F3O2/c1-11-6-5-7-12(10-11)14(21)15-16(22-15,17(18,19)20)13-8-3-2-4-9-13/h2-10,15H,1H3/t15-,16+/m1/s1. The quantitative estimate of drug-likeness (QED) is 0.633. The summed E-state index contributed by atoms with van der Waals surface area (Å²) in [6.07, 6.45) is -6.19. The number of hydrogen-bond donors (Lipinski definition) is 0. The van der Waals surface area contributed by atoms with Crippen LogP contribution in [-0.2, 0) is 10.3 Å². The molecule has 5 heteroatoms. The SMILES string of the molecule is Cc1cccc(C(=O)[C@H]2O[C@]2(c2ccccc2)C(F)(F)F)c1. The van der Waals surface area contributed by atoms with Gasteiger partial charge in [0.1, 0.15) is 0 Å². The number of aryl methyl sites for hydroxylation is 1. The number of epoxide rings is 1. The number of benzene rings is 2. The second-order valence-electron chi connectivity index (χ2n) is 5.33. The number of ether oxygens (including phenoxy) is 1. The van der Waals surface area contributed by atoms with Crippen LogP contribution in [0.4, 0.5) is 13.2 Å². The van der Waals surface area contributed by atoms with Gasteiger partial charge in [0.25, 0.3) is 0 Å². The average molecular weight is 306 g/mol. The van der Waals surface area contributed by atoms with Crippen molar-refractivity contribution in [3.8, 4) is 0 Å². The maximum atomic E-state index is 13.5. The van der Waals surface area contributed by atoms with Gasteiger partial charge in [-0.1, -0.05) is 54.1 Å². The van der Waals surface area contributed by atoms with Crippen LogP contribution >= 0.6 is 0 Å². The molecule has 1 heterocycles. The normalized spacial score (nSPS) is 24.1. The molecule has 1 fully saturated rings. The first-order chi connectivity index (χ1) is 10.4. The van der Waals surface area contributed by atoms with Crippen LogP contribution in [0.3, 0.4) is 0 Å². The highest BCUT2D eigenvalue weighted by molar-refractivity contribution is 6.02. The predicted octanol–water partition coefficient (Wildman–Crippen LogP) is 4.03. The van der Waals surface area contributed by atoms with E-state index in [0.29, 0.717) is 0 Å². The minimum absolute atomic E-state index is 0.0477. The molecule has 0 radical (unpaired) electrons. The van der Waals surface area contributed by atoms with E-state index in [1.54, 1.807) is 31.2 Å². The Morgan fingerprint density at radius 3 is 2.36 bits per heavy atom. The summed E-state index contributed by atoms with van der Waals surface area (Å²) >= 11 is 0. The van der Waals surface area contributed by atoms with Crippen LogP contribution in [0.1, 0.15) is 21.5 Å². The predicted molar refractivity (Wildman–Crippen MR) is 74.6 cm³/mol. The van der Waals surface area contributed by atoms with Crippen LogP contribution in [-0.4, -0.2) is 18.1 Å². The summed E-state index contributed by atoms with van der Waals surface area (Å²) in [5, 5.41) is 0. The second-order valence-corrected chi connectivity index (χ2v) is 5.33. The molecular weight excluding hydrogens is 293 g/mol. The molecule has 1 aliphatic heterocycles. The molecular formula is C17H13F3O2. The van der Waals surface area contributed by atoms with Crippen molar-refractivity contribution in [2.45, 2.75) is 24.8 Å². The van der Waals surface area contributed by atoms with Gasteiger partial charge in [0.15, 0.2) is 11.9 Å². The van der Waals surface area contributed by atoms with Crippen LogP contribution in [0.15, 0.2) is 54.6 Å². The van der Waals surface area contributed by atoms with Gasteiger partial charge in [-0.05, 0) is 18.6 Å². The van der Waals surface area contributed by atoms with Crippen molar-refractivity contribution < 1.29 is 22.7 Å². The minimum Gasteiger partial charge on any atom is -0.343 e. The molecule has 1 saturated heterocycles. The summed E-state index contributed by atoms with van der Waals surface area (Å²) in [5.41, 5.74) is -1.54. The number of carbonyl (C=O) groups is 1. The fraction of sp³-hybridized carbons (Fsp3) is 0.235. The summed E-state index contributed by atoms with van der Waals surface area (Å²) in [7, 11) is 0. The minimum atomic E-state index is -4.65. The molecule has 0 aromatic heterocycles. The third-order valence-electron chi connectivity index (χ3n) is 3.78. The Morgan fingerprint density at radius 1 is 1.09 bits per heavy atom. The summed E-state index contributed by atoms with van der Waals surface area (Å²) in [6.45, 7) is 1.78. The Labute approximate surface area is 125 Å². The second kappa shape index (κ2) is 4.95. The molecule has 0 bridgehead atoms. The Hall–Kier alpha value is -2.14. The Bertz CT molecular complexity index is 709. The summed E-state index contributed by atoms with van der Waals surface area (Å²) in [4.78, 5) is 12.4. The number of hydrogen-bond acceptors (Lipinski definition) is 2. The first-order valence-electron chi connectivity index (χ1n) is 6.77. The van der Waals surface area contributed by atoms with E-state index in [4.69, 9.17) is 4.74 Å². The van der Waals surface area contributed by atoms with Gasteiger partial charge in [0.05, 0.1) is 0 Å². The van der Waals surface area contributed by atoms with Crippen molar-refractivity contribution in [3.05, 3.63) is 71.3 Å². The van der Waals surface area contributed by atoms with Crippen LogP contribution in [0.5, 0.6) is 0 Å². The van der Waals surface area contributed by atoms with Crippen molar-refractivity contribution in [1.82, 2.24) is 0 Å². The fourth-order valence-electron chi connectivity index (χ4n) is 2.62. The summed E-state index contributed by atoms with van der Waals surface area (Å²) < 4.78 is 45.5. The van der Waals surface area contributed by atoms with Gasteiger partial charge < -0.3 is 4.74 Å². The Kier molecular flexibility index (Phi) is 3.33. The number of carbonyl (C=O) groups excluding carboxylic acids is 1. The average Bonchev–Trinajstić information content (AvgIpc) is 3.24. The first kappa shape index (κ1) is 14.8. The topological polar surface area (TPSA) is 29.6 Å². The van der Waals surface area contributed by atoms with Gasteiger partial charge in [0.2, 0.25) is 5.60 Å². The van der Waals surface area contributed by atoms with Crippen LogP contribution in [0.25, 0.3) is 0 Å². The molecule has 2 aromatic rings. The van der Waals surface area contributed by atoms with E-state index in [2.05, 4.69) is 0 Å². The smallest absolute Gasteiger partial charge is 0.343 e. The zero-order valence-corrected chi connectivity index (χ0v) is 11.7. The van der Waals surface area contributed by atoms with Gasteiger partial charge >= 0.3 is 6.18 Å². The van der Waals surface area contributed by atoms with Gasteiger partial charge in [-0.2, -0.15) is 13.2 Å². The van der Waals surface area contributed by atoms with Crippen LogP contribution in [0.2, 0.25) is 0 Å². The van der Waals surface area contributed by atoms with Gasteiger partial charge in [0, 0.05) is 5.56 Å². The lowest BCUT2D eigenvalue weighted by molar-refractivity contribution is -0.187. The molecule has 2 atom stereocenters. The molecule has 0 spiro atoms. The van der Waals surface area contributed by atoms with Crippen molar-refractivity contribution in [2.24, 2.45) is 0 Å². The van der Waals surface area contributed by atoms with E-state index >= 15 is 0 Å². The van der Waals surface area contributed by atoms with Crippen molar-refractivity contribution in [2.75, 3.05) is 0 Å². The lowest BCUT2D eigenvalue weighted by Gasteiger charge is -2.17. The molecule has 3 rings (SSSR count). The van der Waals surface area contributed by atoms with E-state index in [1.807, 2.05) is 0 Å². The van der Waals surface area contributed by atoms with E-state index in [-0.39, 0.29) is 11.1 Å².